The summed E-state index contributed by atoms with van der Waals surface area (Å²) in [6.45, 7) is 4.61. The number of carbonyl (C=O) groups excluding carboxylic acids is 2. The van der Waals surface area contributed by atoms with E-state index >= 15 is 0 Å². The first-order valence-electron chi connectivity index (χ1n) is 11.2. The molecule has 1 fully saturated rings. The normalized spacial score (nSPS) is 14.6. The Labute approximate surface area is 193 Å². The first-order valence-corrected chi connectivity index (χ1v) is 11.2. The molecule has 4 rings (SSSR count). The van der Waals surface area contributed by atoms with E-state index in [4.69, 9.17) is 0 Å². The van der Waals surface area contributed by atoms with Gasteiger partial charge < -0.3 is 10.6 Å². The van der Waals surface area contributed by atoms with Crippen LogP contribution in [0.4, 0.5) is 10.1 Å². The van der Waals surface area contributed by atoms with Crippen molar-refractivity contribution >= 4 is 17.5 Å². The molecule has 6 heteroatoms. The number of anilines is 1. The molecule has 1 heterocycles. The van der Waals surface area contributed by atoms with Crippen LogP contribution in [0.3, 0.4) is 0 Å². The van der Waals surface area contributed by atoms with Crippen LogP contribution in [0.5, 0.6) is 0 Å². The quantitative estimate of drug-likeness (QED) is 0.574. The van der Waals surface area contributed by atoms with Gasteiger partial charge in [0, 0.05) is 36.9 Å². The molecular formula is C27H28FN3O2. The Morgan fingerprint density at radius 2 is 1.64 bits per heavy atom. The Kier molecular flexibility index (Phi) is 7.15. The van der Waals surface area contributed by atoms with Gasteiger partial charge in [0.1, 0.15) is 5.82 Å². The van der Waals surface area contributed by atoms with E-state index < -0.39 is 11.7 Å². The third-order valence-corrected chi connectivity index (χ3v) is 6.04. The zero-order valence-electron chi connectivity index (χ0n) is 18.7. The summed E-state index contributed by atoms with van der Waals surface area (Å²) in [4.78, 5) is 27.8. The second kappa shape index (κ2) is 10.4. The van der Waals surface area contributed by atoms with Gasteiger partial charge in [-0.1, -0.05) is 48.5 Å². The zero-order valence-corrected chi connectivity index (χ0v) is 18.7. The van der Waals surface area contributed by atoms with Crippen molar-refractivity contribution in [1.82, 2.24) is 10.2 Å². The molecule has 2 N–H and O–H groups in total. The molecular weight excluding hydrogens is 417 g/mol. The van der Waals surface area contributed by atoms with E-state index in [1.165, 1.54) is 23.8 Å². The van der Waals surface area contributed by atoms with Crippen LogP contribution in [0.2, 0.25) is 0 Å². The standard InChI is InChI=1S/C27H28FN3O2/c1-19-11-12-21(17-25(19)30-27(33)23-9-5-6-10-24(23)28)26(32)29-22-13-15-31(16-14-22)18-20-7-3-2-4-8-20/h2-12,17,22H,13-16,18H2,1H3,(H,29,32)(H,30,33). The summed E-state index contributed by atoms with van der Waals surface area (Å²) >= 11 is 0. The number of nitrogens with zero attached hydrogens (tertiary/aromatic N) is 1. The molecule has 1 aliphatic heterocycles. The number of hydrogen-bond acceptors (Lipinski definition) is 3. The summed E-state index contributed by atoms with van der Waals surface area (Å²) in [5.74, 6) is -1.29. The third-order valence-electron chi connectivity index (χ3n) is 6.04. The van der Waals surface area contributed by atoms with Crippen LogP contribution in [-0.4, -0.2) is 35.8 Å². The van der Waals surface area contributed by atoms with Gasteiger partial charge in [-0.15, -0.1) is 0 Å². The van der Waals surface area contributed by atoms with Crippen LogP contribution >= 0.6 is 0 Å². The second-order valence-electron chi connectivity index (χ2n) is 8.47. The van der Waals surface area contributed by atoms with Crippen LogP contribution in [0, 0.1) is 12.7 Å². The highest BCUT2D eigenvalue weighted by atomic mass is 19.1. The Hall–Kier alpha value is -3.51. The molecule has 3 aromatic carbocycles. The minimum Gasteiger partial charge on any atom is -0.349 e. The summed E-state index contributed by atoms with van der Waals surface area (Å²) in [6, 6.07) is 21.5. The SMILES string of the molecule is Cc1ccc(C(=O)NC2CCN(Cc3ccccc3)CC2)cc1NC(=O)c1ccccc1F. The van der Waals surface area contributed by atoms with E-state index in [0.717, 1.165) is 38.0 Å². The van der Waals surface area contributed by atoms with Crippen molar-refractivity contribution in [1.29, 1.82) is 0 Å². The summed E-state index contributed by atoms with van der Waals surface area (Å²) < 4.78 is 13.9. The fourth-order valence-corrected chi connectivity index (χ4v) is 4.08. The highest BCUT2D eigenvalue weighted by Crippen LogP contribution is 2.20. The van der Waals surface area contributed by atoms with Gasteiger partial charge in [0.25, 0.3) is 11.8 Å². The minimum atomic E-state index is -0.583. The van der Waals surface area contributed by atoms with Gasteiger partial charge >= 0.3 is 0 Å². The molecule has 0 saturated carbocycles. The van der Waals surface area contributed by atoms with Gasteiger partial charge in [0.2, 0.25) is 0 Å². The Bertz CT molecular complexity index is 1130. The number of likely N-dealkylation sites (tertiary alicyclic amines) is 1. The molecule has 0 spiro atoms. The lowest BCUT2D eigenvalue weighted by Gasteiger charge is -2.32. The molecule has 33 heavy (non-hydrogen) atoms. The van der Waals surface area contributed by atoms with Gasteiger partial charge in [0.05, 0.1) is 5.56 Å². The van der Waals surface area contributed by atoms with Gasteiger partial charge in [-0.05, 0) is 55.2 Å². The number of nitrogens with one attached hydrogen (secondary N) is 2. The van der Waals surface area contributed by atoms with Crippen LogP contribution in [0.1, 0.15) is 44.7 Å². The first kappa shape index (κ1) is 22.7. The molecule has 0 aromatic heterocycles. The zero-order chi connectivity index (χ0) is 23.2. The summed E-state index contributed by atoms with van der Waals surface area (Å²) in [7, 11) is 0. The Morgan fingerprint density at radius 3 is 2.36 bits per heavy atom. The molecule has 0 bridgehead atoms. The number of halogens is 1. The molecule has 0 aliphatic carbocycles. The molecule has 5 nitrogen and oxygen atoms in total. The predicted octanol–water partition coefficient (Wildman–Crippen LogP) is 4.78. The van der Waals surface area contributed by atoms with Crippen LogP contribution in [0.25, 0.3) is 0 Å². The van der Waals surface area contributed by atoms with Crippen molar-refractivity contribution in [2.24, 2.45) is 0 Å². The van der Waals surface area contributed by atoms with Crippen LogP contribution in [-0.2, 0) is 6.54 Å². The average molecular weight is 446 g/mol. The van der Waals surface area contributed by atoms with E-state index in [0.29, 0.717) is 11.3 Å². The van der Waals surface area contributed by atoms with E-state index in [1.54, 1.807) is 24.3 Å². The largest absolute Gasteiger partial charge is 0.349 e. The maximum atomic E-state index is 13.9. The highest BCUT2D eigenvalue weighted by Gasteiger charge is 2.22. The van der Waals surface area contributed by atoms with Crippen LogP contribution < -0.4 is 10.6 Å². The topological polar surface area (TPSA) is 61.4 Å². The van der Waals surface area contributed by atoms with Crippen molar-refractivity contribution < 1.29 is 14.0 Å². The third kappa shape index (κ3) is 5.84. The van der Waals surface area contributed by atoms with Gasteiger partial charge in [-0.3, -0.25) is 14.5 Å². The molecule has 0 atom stereocenters. The fourth-order valence-electron chi connectivity index (χ4n) is 4.08. The lowest BCUT2D eigenvalue weighted by molar-refractivity contribution is 0.0908. The summed E-state index contributed by atoms with van der Waals surface area (Å²) in [5, 5.41) is 5.85. The summed E-state index contributed by atoms with van der Waals surface area (Å²) in [5.41, 5.74) is 3.02. The number of amides is 2. The van der Waals surface area contributed by atoms with Crippen molar-refractivity contribution in [3.8, 4) is 0 Å². The van der Waals surface area contributed by atoms with Crippen molar-refractivity contribution in [2.45, 2.75) is 32.4 Å². The van der Waals surface area contributed by atoms with Crippen molar-refractivity contribution in [2.75, 3.05) is 18.4 Å². The minimum absolute atomic E-state index is 0.0333. The van der Waals surface area contributed by atoms with Gasteiger partial charge in [-0.2, -0.15) is 0 Å². The lowest BCUT2D eigenvalue weighted by Crippen LogP contribution is -2.44. The summed E-state index contributed by atoms with van der Waals surface area (Å²) in [6.07, 6.45) is 1.78. The number of hydrogen-bond donors (Lipinski definition) is 2. The Balaban J connectivity index is 1.34. The molecule has 3 aromatic rings. The molecule has 0 radical (unpaired) electrons. The Morgan fingerprint density at radius 1 is 0.939 bits per heavy atom. The fraction of sp³-hybridized carbons (Fsp3) is 0.259. The molecule has 2 amide bonds. The van der Waals surface area contributed by atoms with E-state index in [-0.39, 0.29) is 17.5 Å². The maximum Gasteiger partial charge on any atom is 0.258 e. The van der Waals surface area contributed by atoms with Crippen molar-refractivity contribution in [3.05, 3.63) is 101 Å². The lowest BCUT2D eigenvalue weighted by atomic mass is 10.0. The molecule has 0 unspecified atom stereocenters. The predicted molar refractivity (Wildman–Crippen MR) is 128 cm³/mol. The molecule has 170 valence electrons. The number of benzene rings is 3. The number of rotatable bonds is 6. The van der Waals surface area contributed by atoms with E-state index in [9.17, 15) is 14.0 Å². The number of piperidine rings is 1. The van der Waals surface area contributed by atoms with Gasteiger partial charge in [-0.25, -0.2) is 4.39 Å². The average Bonchev–Trinajstić information content (AvgIpc) is 2.82. The molecule has 1 aliphatic rings. The number of aryl methyl sites for hydroxylation is 1. The van der Waals surface area contributed by atoms with Crippen LogP contribution in [0.15, 0.2) is 72.8 Å². The highest BCUT2D eigenvalue weighted by molar-refractivity contribution is 6.05. The maximum absolute atomic E-state index is 13.9. The second-order valence-corrected chi connectivity index (χ2v) is 8.47. The smallest absolute Gasteiger partial charge is 0.258 e. The van der Waals surface area contributed by atoms with E-state index in [1.807, 2.05) is 13.0 Å². The molecule has 1 saturated heterocycles. The van der Waals surface area contributed by atoms with Crippen molar-refractivity contribution in [3.63, 3.8) is 0 Å². The first-order chi connectivity index (χ1) is 16.0. The van der Waals surface area contributed by atoms with Gasteiger partial charge in [0.15, 0.2) is 0 Å². The number of carbonyl (C=O) groups is 2. The monoisotopic (exact) mass is 445 g/mol. The van der Waals surface area contributed by atoms with E-state index in [2.05, 4.69) is 39.8 Å².